The highest BCUT2D eigenvalue weighted by Crippen LogP contribution is 2.41. The largest absolute Gasteiger partial charge is 0.477 e. The summed E-state index contributed by atoms with van der Waals surface area (Å²) in [6.45, 7) is 2.34. The first-order valence-corrected chi connectivity index (χ1v) is 20.9. The number of rotatable bonds is 14. The number of aliphatic hydroxyl groups excluding tert-OH is 1. The third-order valence-electron chi connectivity index (χ3n) is 9.27. The van der Waals surface area contributed by atoms with E-state index in [1.54, 1.807) is 30.3 Å². The van der Waals surface area contributed by atoms with Gasteiger partial charge in [-0.25, -0.2) is 9.48 Å². The van der Waals surface area contributed by atoms with Crippen LogP contribution < -0.4 is 16.0 Å². The van der Waals surface area contributed by atoms with E-state index in [9.17, 15) is 33.0 Å². The van der Waals surface area contributed by atoms with Gasteiger partial charge in [-0.15, -0.1) is 16.9 Å². The standard InChI is InChI=1S/C18H18N6O8S3.C14H28N2/c25-13(9-4-2-1-3-5-9)14(26)19-11-15(27)24-12(17(28)29)10(6-33-16(11)24)7-34-18-20-21-22-23(18)8-35(30,31)32;1-3-7-13(8-4-1)15-11-12-16-14-9-5-2-6-10-14/h1-5,11,13,16,25H,6-8H2,(H,19,26)(H,28,29)(H,30,31,32);13-16H,1-12H2/t11?,13-,16?;/m1./s1. The molecule has 6 N–H and O–H groups in total. The topological polar surface area (TPSA) is 229 Å². The summed E-state index contributed by atoms with van der Waals surface area (Å²) in [7, 11) is -4.40. The average molecular weight is 767 g/mol. The molecule has 2 aliphatic heterocycles. The second-order valence-electron chi connectivity index (χ2n) is 13.0. The van der Waals surface area contributed by atoms with Crippen molar-refractivity contribution in [3.05, 3.63) is 47.2 Å². The Balaban J connectivity index is 0.000000262. The number of aliphatic hydroxyl groups is 1. The number of hydrogen-bond acceptors (Lipinski definition) is 13. The summed E-state index contributed by atoms with van der Waals surface area (Å²) in [5, 5.41) is 39.8. The number of tetrazole rings is 1. The van der Waals surface area contributed by atoms with Gasteiger partial charge in [0.25, 0.3) is 21.9 Å². The predicted molar refractivity (Wildman–Crippen MR) is 191 cm³/mol. The molecular weight excluding hydrogens is 721 g/mol. The van der Waals surface area contributed by atoms with Gasteiger partial charge in [-0.1, -0.05) is 80.6 Å². The van der Waals surface area contributed by atoms with Crippen LogP contribution in [-0.4, -0.2) is 114 Å². The molecule has 0 bridgehead atoms. The lowest BCUT2D eigenvalue weighted by Gasteiger charge is -2.49. The van der Waals surface area contributed by atoms with Crippen molar-refractivity contribution in [1.29, 1.82) is 0 Å². The number of thioether (sulfide) groups is 2. The molecule has 2 aromatic rings. The third-order valence-corrected chi connectivity index (χ3v) is 12.2. The highest BCUT2D eigenvalue weighted by atomic mass is 32.2. The number of nitrogens with one attached hydrogen (secondary N) is 3. The third kappa shape index (κ3) is 11.0. The number of benzene rings is 1. The normalized spacial score (nSPS) is 22.0. The molecule has 16 nitrogen and oxygen atoms in total. The zero-order valence-electron chi connectivity index (χ0n) is 28.2. The Kier molecular flexibility index (Phi) is 14.3. The molecule has 0 spiro atoms. The molecule has 2 aliphatic carbocycles. The molecule has 19 heteroatoms. The Morgan fingerprint density at radius 1 is 0.980 bits per heavy atom. The Hall–Kier alpha value is -3.07. The maximum Gasteiger partial charge on any atom is 0.352 e. The van der Waals surface area contributed by atoms with Gasteiger partial charge >= 0.3 is 5.97 Å². The lowest BCUT2D eigenvalue weighted by atomic mass is 9.95. The number of carboxylic acids is 1. The molecular formula is C32H46N8O8S3. The van der Waals surface area contributed by atoms with Crippen LogP contribution in [0.3, 0.4) is 0 Å². The molecule has 2 amide bonds. The lowest BCUT2D eigenvalue weighted by Crippen LogP contribution is -2.70. The van der Waals surface area contributed by atoms with E-state index >= 15 is 0 Å². The van der Waals surface area contributed by atoms with Crippen molar-refractivity contribution >= 4 is 51.4 Å². The van der Waals surface area contributed by atoms with Gasteiger partial charge in [-0.05, 0) is 47.2 Å². The number of hydrogen-bond donors (Lipinski definition) is 6. The van der Waals surface area contributed by atoms with E-state index < -0.39 is 51.3 Å². The minimum absolute atomic E-state index is 0.0285. The van der Waals surface area contributed by atoms with Crippen LogP contribution in [-0.2, 0) is 30.4 Å². The molecule has 6 rings (SSSR count). The number of carbonyl (C=O) groups excluding carboxylic acids is 2. The van der Waals surface area contributed by atoms with E-state index in [1.807, 2.05) is 0 Å². The lowest BCUT2D eigenvalue weighted by molar-refractivity contribution is -0.151. The molecule has 1 saturated heterocycles. The summed E-state index contributed by atoms with van der Waals surface area (Å²) < 4.78 is 32.0. The van der Waals surface area contributed by atoms with Gasteiger partial charge in [0.05, 0.1) is 0 Å². The Bertz CT molecular complexity index is 1610. The molecule has 280 valence electrons. The highest BCUT2D eigenvalue weighted by Gasteiger charge is 2.54. The fourth-order valence-electron chi connectivity index (χ4n) is 6.67. The quantitative estimate of drug-likeness (QED) is 0.0699. The average Bonchev–Trinajstić information content (AvgIpc) is 3.57. The molecule has 3 heterocycles. The van der Waals surface area contributed by atoms with Crippen molar-refractivity contribution < 1.29 is 37.6 Å². The van der Waals surface area contributed by atoms with Gasteiger partial charge < -0.3 is 26.2 Å². The summed E-state index contributed by atoms with van der Waals surface area (Å²) in [4.78, 5) is 38.3. The van der Waals surface area contributed by atoms with Crippen LogP contribution in [0.2, 0.25) is 0 Å². The number of aliphatic carboxylic acids is 1. The molecule has 51 heavy (non-hydrogen) atoms. The number of nitrogens with zero attached hydrogens (tertiary/aromatic N) is 5. The van der Waals surface area contributed by atoms with Gasteiger partial charge in [0.1, 0.15) is 17.1 Å². The smallest absolute Gasteiger partial charge is 0.352 e. The molecule has 3 fully saturated rings. The first kappa shape index (κ1) is 39.1. The first-order chi connectivity index (χ1) is 24.5. The maximum absolute atomic E-state index is 12.8. The van der Waals surface area contributed by atoms with Crippen LogP contribution in [0, 0.1) is 0 Å². The molecule has 3 atom stereocenters. The first-order valence-electron chi connectivity index (χ1n) is 17.3. The van der Waals surface area contributed by atoms with E-state index in [-0.39, 0.29) is 22.4 Å². The van der Waals surface area contributed by atoms with Crippen LogP contribution in [0.1, 0.15) is 75.9 Å². The Morgan fingerprint density at radius 2 is 1.59 bits per heavy atom. The van der Waals surface area contributed by atoms with E-state index in [0.29, 0.717) is 11.1 Å². The summed E-state index contributed by atoms with van der Waals surface area (Å²) >= 11 is 2.17. The van der Waals surface area contributed by atoms with Crippen molar-refractivity contribution in [2.45, 2.75) is 105 Å². The minimum Gasteiger partial charge on any atom is -0.477 e. The van der Waals surface area contributed by atoms with Crippen LogP contribution in [0.4, 0.5) is 0 Å². The number of amides is 2. The second-order valence-corrected chi connectivity index (χ2v) is 16.5. The molecule has 4 aliphatic rings. The number of carboxylic acid groups (broad SMARTS) is 1. The summed E-state index contributed by atoms with van der Waals surface area (Å²) in [5.74, 6) is -3.39. The van der Waals surface area contributed by atoms with Crippen LogP contribution in [0.15, 0.2) is 46.8 Å². The van der Waals surface area contributed by atoms with Crippen molar-refractivity contribution in [3.8, 4) is 0 Å². The second kappa shape index (κ2) is 18.6. The van der Waals surface area contributed by atoms with Gasteiger partial charge in [0.15, 0.2) is 12.0 Å². The molecule has 1 aromatic heterocycles. The number of carbonyl (C=O) groups is 3. The predicted octanol–water partition coefficient (Wildman–Crippen LogP) is 1.91. The number of aromatic nitrogens is 4. The summed E-state index contributed by atoms with van der Waals surface area (Å²) in [6.07, 6.45) is 12.8. The SMILES string of the molecule is C1CCC(NCCNC2CCCCC2)CC1.O=C(O)C1=C(CSc2nnnn2CS(=O)(=O)O)CSC2C(NC(=O)[C@H](O)c3ccccc3)C(=O)N12. The van der Waals surface area contributed by atoms with Gasteiger partial charge in [-0.2, -0.15) is 8.42 Å². The number of β-lactam (4-membered cyclic amide) rings is 1. The highest BCUT2D eigenvalue weighted by molar-refractivity contribution is 8.01. The van der Waals surface area contributed by atoms with E-state index in [0.717, 1.165) is 33.4 Å². The summed E-state index contributed by atoms with van der Waals surface area (Å²) in [6, 6.07) is 8.81. The molecule has 2 saturated carbocycles. The van der Waals surface area contributed by atoms with E-state index in [2.05, 4.69) is 31.5 Å². The zero-order valence-corrected chi connectivity index (χ0v) is 30.7. The van der Waals surface area contributed by atoms with Gasteiger partial charge in [0, 0.05) is 36.7 Å². The zero-order chi connectivity index (χ0) is 36.4. The minimum atomic E-state index is -4.40. The van der Waals surface area contributed by atoms with E-state index in [4.69, 9.17) is 4.55 Å². The Labute approximate surface area is 305 Å². The van der Waals surface area contributed by atoms with E-state index in [1.165, 1.54) is 89.1 Å². The monoisotopic (exact) mass is 766 g/mol. The fourth-order valence-corrected chi connectivity index (χ4v) is 9.59. The summed E-state index contributed by atoms with van der Waals surface area (Å²) in [5.41, 5.74) is 0.480. The van der Waals surface area contributed by atoms with Crippen molar-refractivity contribution in [2.24, 2.45) is 0 Å². The van der Waals surface area contributed by atoms with Crippen LogP contribution in [0.25, 0.3) is 0 Å². The number of fused-ring (bicyclic) bond motifs is 1. The molecule has 0 radical (unpaired) electrons. The van der Waals surface area contributed by atoms with Crippen molar-refractivity contribution in [1.82, 2.24) is 41.1 Å². The van der Waals surface area contributed by atoms with Crippen LogP contribution in [0.5, 0.6) is 0 Å². The van der Waals surface area contributed by atoms with Crippen LogP contribution >= 0.6 is 23.5 Å². The fraction of sp³-hybridized carbons (Fsp3) is 0.625. The molecule has 1 aromatic carbocycles. The van der Waals surface area contributed by atoms with Crippen molar-refractivity contribution in [3.63, 3.8) is 0 Å². The van der Waals surface area contributed by atoms with Gasteiger partial charge in [-0.3, -0.25) is 19.0 Å². The molecule has 2 unspecified atom stereocenters. The van der Waals surface area contributed by atoms with Gasteiger partial charge in [0.2, 0.25) is 5.16 Å². The van der Waals surface area contributed by atoms with Crippen molar-refractivity contribution in [2.75, 3.05) is 24.6 Å². The Morgan fingerprint density at radius 3 is 2.16 bits per heavy atom. The maximum atomic E-state index is 12.8.